The van der Waals surface area contributed by atoms with Gasteiger partial charge >= 0.3 is 5.16 Å². The van der Waals surface area contributed by atoms with Gasteiger partial charge in [-0.1, -0.05) is 11.3 Å². The molecule has 2 heterocycles. The summed E-state index contributed by atoms with van der Waals surface area (Å²) in [6, 6.07) is 7.88. The van der Waals surface area contributed by atoms with Crippen LogP contribution >= 0.6 is 11.3 Å². The van der Waals surface area contributed by atoms with E-state index in [2.05, 4.69) is 20.3 Å². The van der Waals surface area contributed by atoms with Crippen molar-refractivity contribution in [3.8, 4) is 21.8 Å². The molecule has 118 valence electrons. The highest BCUT2D eigenvalue weighted by molar-refractivity contribution is 7.90. The molecular formula is C15H13FN4OS2. The molecule has 0 aliphatic heterocycles. The fourth-order valence-electron chi connectivity index (χ4n) is 2.01. The molecule has 0 bridgehead atoms. The van der Waals surface area contributed by atoms with Gasteiger partial charge in [0.1, 0.15) is 12.1 Å². The van der Waals surface area contributed by atoms with E-state index in [4.69, 9.17) is 0 Å². The van der Waals surface area contributed by atoms with Crippen molar-refractivity contribution < 1.29 is 8.94 Å². The summed E-state index contributed by atoms with van der Waals surface area (Å²) in [6.07, 6.45) is 3.11. The molecule has 5 nitrogen and oxygen atoms in total. The van der Waals surface area contributed by atoms with Crippen molar-refractivity contribution >= 4 is 27.6 Å². The first kappa shape index (κ1) is 15.9. The predicted molar refractivity (Wildman–Crippen MR) is 90.4 cm³/mol. The van der Waals surface area contributed by atoms with Crippen LogP contribution in [0.4, 0.5) is 9.52 Å². The largest absolute Gasteiger partial charge is 0.609 e. The smallest absolute Gasteiger partial charge is 0.342 e. The molecule has 1 aromatic carbocycles. The Hall–Kier alpha value is -2.03. The van der Waals surface area contributed by atoms with Crippen LogP contribution in [0.2, 0.25) is 0 Å². The number of nitrogens with one attached hydrogen (secondary N) is 1. The lowest BCUT2D eigenvalue weighted by Gasteiger charge is -2.05. The number of halogens is 1. The third kappa shape index (κ3) is 3.34. The van der Waals surface area contributed by atoms with E-state index in [1.165, 1.54) is 29.7 Å². The molecule has 8 heteroatoms. The Morgan fingerprint density at radius 3 is 2.57 bits per heavy atom. The molecule has 0 saturated carbocycles. The topological polar surface area (TPSA) is 73.8 Å². The second kappa shape index (κ2) is 6.61. The second-order valence-electron chi connectivity index (χ2n) is 4.63. The SMILES string of the molecule is CNc1nc(-c2ccc(F)cc2)c(-c2ccnc([S+](C)[O-])n2)s1. The lowest BCUT2D eigenvalue weighted by molar-refractivity contribution is 0.592. The van der Waals surface area contributed by atoms with Crippen LogP contribution in [0.5, 0.6) is 0 Å². The molecule has 0 aliphatic rings. The van der Waals surface area contributed by atoms with Crippen LogP contribution in [0, 0.1) is 5.82 Å². The number of rotatable bonds is 4. The highest BCUT2D eigenvalue weighted by Gasteiger charge is 2.18. The van der Waals surface area contributed by atoms with Gasteiger partial charge in [-0.2, -0.15) is 9.97 Å². The molecule has 0 aliphatic carbocycles. The number of nitrogens with zero attached hydrogens (tertiary/aromatic N) is 3. The van der Waals surface area contributed by atoms with E-state index in [1.807, 2.05) is 0 Å². The summed E-state index contributed by atoms with van der Waals surface area (Å²) < 4.78 is 24.8. The van der Waals surface area contributed by atoms with Crippen molar-refractivity contribution in [3.05, 3.63) is 42.3 Å². The molecule has 0 saturated heterocycles. The fourth-order valence-corrected chi connectivity index (χ4v) is 3.36. The van der Waals surface area contributed by atoms with Crippen molar-refractivity contribution in [2.75, 3.05) is 18.6 Å². The second-order valence-corrected chi connectivity index (χ2v) is 6.90. The molecule has 0 fully saturated rings. The zero-order valence-electron chi connectivity index (χ0n) is 12.4. The third-order valence-corrected chi connectivity index (χ3v) is 4.89. The standard InChI is InChI=1S/C15H13FN4OS2/c1-17-14-20-12(9-3-5-10(16)6-4-9)13(22-14)11-7-8-18-15(19-11)23(2)21/h3-8H,1-2H3,(H,17,20). The van der Waals surface area contributed by atoms with Gasteiger partial charge in [-0.25, -0.2) is 9.37 Å². The van der Waals surface area contributed by atoms with Gasteiger partial charge < -0.3 is 9.87 Å². The summed E-state index contributed by atoms with van der Waals surface area (Å²) in [5.74, 6) is -0.301. The van der Waals surface area contributed by atoms with E-state index in [0.29, 0.717) is 11.4 Å². The number of thiazole rings is 1. The normalized spacial score (nSPS) is 12.2. The van der Waals surface area contributed by atoms with E-state index < -0.39 is 11.2 Å². The highest BCUT2D eigenvalue weighted by Crippen LogP contribution is 2.38. The van der Waals surface area contributed by atoms with Gasteiger partial charge in [0.2, 0.25) is 0 Å². The Kier molecular flexibility index (Phi) is 4.56. The average Bonchev–Trinajstić information content (AvgIpc) is 3.00. The van der Waals surface area contributed by atoms with Gasteiger partial charge in [0.25, 0.3) is 0 Å². The zero-order valence-corrected chi connectivity index (χ0v) is 14.0. The monoisotopic (exact) mass is 348 g/mol. The molecule has 1 unspecified atom stereocenters. The Morgan fingerprint density at radius 1 is 1.17 bits per heavy atom. The Balaban J connectivity index is 2.13. The fraction of sp³-hybridized carbons (Fsp3) is 0.133. The van der Waals surface area contributed by atoms with E-state index in [-0.39, 0.29) is 11.0 Å². The van der Waals surface area contributed by atoms with E-state index >= 15 is 0 Å². The minimum atomic E-state index is -1.27. The van der Waals surface area contributed by atoms with Crippen molar-refractivity contribution in [2.24, 2.45) is 0 Å². The molecule has 0 spiro atoms. The first-order chi connectivity index (χ1) is 11.1. The lowest BCUT2D eigenvalue weighted by atomic mass is 10.1. The van der Waals surface area contributed by atoms with Gasteiger partial charge in [-0.15, -0.1) is 0 Å². The minimum Gasteiger partial charge on any atom is -0.609 e. The molecule has 0 radical (unpaired) electrons. The molecule has 1 atom stereocenters. The van der Waals surface area contributed by atoms with Gasteiger partial charge in [-0.3, -0.25) is 0 Å². The number of aromatic nitrogens is 3. The van der Waals surface area contributed by atoms with Gasteiger partial charge in [0.05, 0.1) is 16.3 Å². The van der Waals surface area contributed by atoms with Crippen LogP contribution < -0.4 is 5.32 Å². The summed E-state index contributed by atoms with van der Waals surface area (Å²) >= 11 is 0.161. The highest BCUT2D eigenvalue weighted by atomic mass is 32.2. The number of hydrogen-bond donors (Lipinski definition) is 1. The van der Waals surface area contributed by atoms with Gasteiger partial charge in [-0.05, 0) is 30.3 Å². The summed E-state index contributed by atoms with van der Waals surface area (Å²) in [5, 5.41) is 4.00. The molecule has 3 rings (SSSR count). The Labute approximate surface area is 139 Å². The van der Waals surface area contributed by atoms with Crippen LogP contribution in [-0.2, 0) is 11.2 Å². The van der Waals surface area contributed by atoms with Crippen molar-refractivity contribution in [2.45, 2.75) is 5.16 Å². The maximum atomic E-state index is 13.2. The molecule has 0 amide bonds. The Morgan fingerprint density at radius 2 is 1.91 bits per heavy atom. The number of benzene rings is 1. The van der Waals surface area contributed by atoms with Crippen LogP contribution in [0.25, 0.3) is 21.8 Å². The Bertz CT molecular complexity index is 821. The zero-order chi connectivity index (χ0) is 16.4. The van der Waals surface area contributed by atoms with Crippen molar-refractivity contribution in [3.63, 3.8) is 0 Å². The number of hydrogen-bond acceptors (Lipinski definition) is 6. The van der Waals surface area contributed by atoms with Crippen LogP contribution in [0.15, 0.2) is 41.7 Å². The van der Waals surface area contributed by atoms with Gasteiger partial charge in [0, 0.05) is 30.0 Å². The van der Waals surface area contributed by atoms with Gasteiger partial charge in [0.15, 0.2) is 5.13 Å². The van der Waals surface area contributed by atoms with Crippen LogP contribution in [0.1, 0.15) is 0 Å². The van der Waals surface area contributed by atoms with Crippen LogP contribution in [-0.4, -0.2) is 32.8 Å². The van der Waals surface area contributed by atoms with Crippen LogP contribution in [0.3, 0.4) is 0 Å². The summed E-state index contributed by atoms with van der Waals surface area (Å²) in [4.78, 5) is 13.7. The number of anilines is 1. The first-order valence-corrected chi connectivity index (χ1v) is 9.07. The minimum absolute atomic E-state index is 0.270. The molecule has 23 heavy (non-hydrogen) atoms. The van der Waals surface area contributed by atoms with E-state index in [0.717, 1.165) is 15.6 Å². The quantitative estimate of drug-likeness (QED) is 0.579. The summed E-state index contributed by atoms with van der Waals surface area (Å²) in [7, 11) is 1.78. The third-order valence-electron chi connectivity index (χ3n) is 3.08. The average molecular weight is 348 g/mol. The molecular weight excluding hydrogens is 335 g/mol. The lowest BCUT2D eigenvalue weighted by Crippen LogP contribution is -2.04. The predicted octanol–water partition coefficient (Wildman–Crippen LogP) is 3.19. The maximum Gasteiger partial charge on any atom is 0.342 e. The van der Waals surface area contributed by atoms with E-state index in [1.54, 1.807) is 31.4 Å². The summed E-state index contributed by atoms with van der Waals surface area (Å²) in [6.45, 7) is 0. The van der Waals surface area contributed by atoms with Crippen molar-refractivity contribution in [1.82, 2.24) is 15.0 Å². The molecule has 1 N–H and O–H groups in total. The maximum absolute atomic E-state index is 13.2. The summed E-state index contributed by atoms with van der Waals surface area (Å²) in [5.41, 5.74) is 2.13. The van der Waals surface area contributed by atoms with Crippen molar-refractivity contribution in [1.29, 1.82) is 0 Å². The van der Waals surface area contributed by atoms with E-state index in [9.17, 15) is 8.94 Å². The molecule has 2 aromatic heterocycles. The molecule has 3 aromatic rings. The first-order valence-electron chi connectivity index (χ1n) is 6.70.